The molecule has 0 aliphatic heterocycles. The summed E-state index contributed by atoms with van der Waals surface area (Å²) in [6, 6.07) is 13.6. The molecule has 0 aliphatic rings. The summed E-state index contributed by atoms with van der Waals surface area (Å²) in [7, 11) is 0. The van der Waals surface area contributed by atoms with Crippen molar-refractivity contribution in [3.05, 3.63) is 56.7 Å². The molecule has 1 aromatic carbocycles. The minimum atomic E-state index is 0.526. The van der Waals surface area contributed by atoms with E-state index in [1.165, 1.54) is 10.4 Å². The maximum atomic E-state index is 3.57. The lowest BCUT2D eigenvalue weighted by Crippen LogP contribution is -2.28. The zero-order valence-corrected chi connectivity index (χ0v) is 13.8. The number of halogens is 1. The van der Waals surface area contributed by atoms with E-state index < -0.39 is 0 Å². The lowest BCUT2D eigenvalue weighted by atomic mass is 9.94. The van der Waals surface area contributed by atoms with E-state index in [1.54, 1.807) is 0 Å². The number of hydrogen-bond acceptors (Lipinski definition) is 2. The first-order valence-electron chi connectivity index (χ1n) is 6.66. The van der Waals surface area contributed by atoms with Gasteiger partial charge in [0.05, 0.1) is 0 Å². The summed E-state index contributed by atoms with van der Waals surface area (Å²) < 4.78 is 1.16. The maximum Gasteiger partial charge on any atom is 0.0178 e. The van der Waals surface area contributed by atoms with Crippen LogP contribution in [0.2, 0.25) is 0 Å². The van der Waals surface area contributed by atoms with E-state index in [0.29, 0.717) is 12.0 Å². The van der Waals surface area contributed by atoms with Gasteiger partial charge in [-0.15, -0.1) is 11.3 Å². The molecule has 0 radical (unpaired) electrons. The van der Waals surface area contributed by atoms with Gasteiger partial charge in [-0.05, 0) is 35.6 Å². The second kappa shape index (κ2) is 7.22. The van der Waals surface area contributed by atoms with Crippen molar-refractivity contribution in [1.29, 1.82) is 0 Å². The fourth-order valence-corrected chi connectivity index (χ4v) is 3.32. The van der Waals surface area contributed by atoms with Crippen LogP contribution < -0.4 is 5.32 Å². The molecule has 102 valence electrons. The van der Waals surface area contributed by atoms with E-state index in [9.17, 15) is 0 Å². The summed E-state index contributed by atoms with van der Waals surface area (Å²) in [5, 5.41) is 5.72. The van der Waals surface area contributed by atoms with Crippen LogP contribution in [0.15, 0.2) is 46.3 Å². The fraction of sp³-hybridized carbons (Fsp3) is 0.375. The van der Waals surface area contributed by atoms with Crippen molar-refractivity contribution in [2.45, 2.75) is 32.2 Å². The number of nitrogens with one attached hydrogen (secondary N) is 1. The Balaban J connectivity index is 2.13. The third-order valence-corrected chi connectivity index (χ3v) is 4.51. The maximum absolute atomic E-state index is 3.57. The van der Waals surface area contributed by atoms with Crippen LogP contribution in [0.5, 0.6) is 0 Å². The Kier molecular flexibility index (Phi) is 5.61. The van der Waals surface area contributed by atoms with Crippen molar-refractivity contribution < 1.29 is 0 Å². The molecule has 1 atom stereocenters. The summed E-state index contributed by atoms with van der Waals surface area (Å²) >= 11 is 5.42. The first-order valence-corrected chi connectivity index (χ1v) is 8.33. The Labute approximate surface area is 128 Å². The van der Waals surface area contributed by atoms with Crippen molar-refractivity contribution in [3.63, 3.8) is 0 Å². The van der Waals surface area contributed by atoms with E-state index in [1.807, 2.05) is 11.3 Å². The van der Waals surface area contributed by atoms with Crippen LogP contribution in [0, 0.1) is 0 Å². The van der Waals surface area contributed by atoms with Crippen LogP contribution >= 0.6 is 27.3 Å². The van der Waals surface area contributed by atoms with Crippen molar-refractivity contribution in [1.82, 2.24) is 5.32 Å². The van der Waals surface area contributed by atoms with E-state index in [-0.39, 0.29) is 0 Å². The Morgan fingerprint density at radius 2 is 2.05 bits per heavy atom. The van der Waals surface area contributed by atoms with Crippen LogP contribution in [0.4, 0.5) is 0 Å². The molecule has 0 aliphatic carbocycles. The molecule has 1 N–H and O–H groups in total. The standard InChI is InChI=1S/C16H20BrNS/c1-12(2)18-11-14(10-16-7-4-8-19-16)13-5-3-6-15(17)9-13/h3-9,12,14,18H,10-11H2,1-2H3. The molecular formula is C16H20BrNS. The van der Waals surface area contributed by atoms with Crippen LogP contribution in [0.1, 0.15) is 30.2 Å². The van der Waals surface area contributed by atoms with Crippen molar-refractivity contribution >= 4 is 27.3 Å². The predicted molar refractivity (Wildman–Crippen MR) is 88.0 cm³/mol. The summed E-state index contributed by atoms with van der Waals surface area (Å²) in [5.74, 6) is 0.526. The number of thiophene rings is 1. The number of hydrogen-bond donors (Lipinski definition) is 1. The normalized spacial score (nSPS) is 12.8. The third-order valence-electron chi connectivity index (χ3n) is 3.12. The Hall–Kier alpha value is -0.640. The average Bonchev–Trinajstić information content (AvgIpc) is 2.87. The monoisotopic (exact) mass is 337 g/mol. The Morgan fingerprint density at radius 1 is 1.21 bits per heavy atom. The lowest BCUT2D eigenvalue weighted by Gasteiger charge is -2.19. The van der Waals surface area contributed by atoms with Crippen molar-refractivity contribution in [3.8, 4) is 0 Å². The highest BCUT2D eigenvalue weighted by Crippen LogP contribution is 2.25. The molecule has 19 heavy (non-hydrogen) atoms. The van der Waals surface area contributed by atoms with Crippen molar-refractivity contribution in [2.75, 3.05) is 6.54 Å². The van der Waals surface area contributed by atoms with E-state index >= 15 is 0 Å². The first kappa shape index (κ1) is 14.8. The van der Waals surface area contributed by atoms with Gasteiger partial charge in [0.2, 0.25) is 0 Å². The summed E-state index contributed by atoms with van der Waals surface area (Å²) in [5.41, 5.74) is 1.40. The van der Waals surface area contributed by atoms with Gasteiger partial charge < -0.3 is 5.32 Å². The second-order valence-electron chi connectivity index (χ2n) is 5.10. The third kappa shape index (κ3) is 4.75. The van der Waals surface area contributed by atoms with Crippen LogP contribution in [-0.2, 0) is 6.42 Å². The summed E-state index contributed by atoms with van der Waals surface area (Å²) in [4.78, 5) is 1.45. The lowest BCUT2D eigenvalue weighted by molar-refractivity contribution is 0.528. The van der Waals surface area contributed by atoms with Gasteiger partial charge in [0.15, 0.2) is 0 Å². The van der Waals surface area contributed by atoms with Gasteiger partial charge in [0.25, 0.3) is 0 Å². The predicted octanol–water partition coefficient (Wildman–Crippen LogP) is 4.83. The molecular weight excluding hydrogens is 318 g/mol. The molecule has 0 saturated carbocycles. The molecule has 1 heterocycles. The zero-order chi connectivity index (χ0) is 13.7. The van der Waals surface area contributed by atoms with Crippen LogP contribution in [0.25, 0.3) is 0 Å². The van der Waals surface area contributed by atoms with E-state index in [0.717, 1.165) is 17.4 Å². The van der Waals surface area contributed by atoms with Gasteiger partial charge in [0, 0.05) is 27.9 Å². The molecule has 1 unspecified atom stereocenters. The smallest absolute Gasteiger partial charge is 0.0178 e. The number of benzene rings is 1. The minimum absolute atomic E-state index is 0.526. The quantitative estimate of drug-likeness (QED) is 0.795. The van der Waals surface area contributed by atoms with E-state index in [4.69, 9.17) is 0 Å². The molecule has 0 spiro atoms. The SMILES string of the molecule is CC(C)NCC(Cc1cccs1)c1cccc(Br)c1. The van der Waals surface area contributed by atoms with E-state index in [2.05, 4.69) is 76.9 Å². The van der Waals surface area contributed by atoms with Crippen LogP contribution in [0.3, 0.4) is 0 Å². The molecule has 0 bridgehead atoms. The molecule has 3 heteroatoms. The molecule has 0 fully saturated rings. The highest BCUT2D eigenvalue weighted by atomic mass is 79.9. The van der Waals surface area contributed by atoms with Gasteiger partial charge in [0.1, 0.15) is 0 Å². The second-order valence-corrected chi connectivity index (χ2v) is 7.05. The molecule has 0 amide bonds. The molecule has 2 rings (SSSR count). The van der Waals surface area contributed by atoms with Gasteiger partial charge in [-0.25, -0.2) is 0 Å². The topological polar surface area (TPSA) is 12.0 Å². The molecule has 1 aromatic heterocycles. The van der Waals surface area contributed by atoms with Crippen molar-refractivity contribution in [2.24, 2.45) is 0 Å². The summed E-state index contributed by atoms with van der Waals surface area (Å²) in [6.45, 7) is 5.41. The van der Waals surface area contributed by atoms with Gasteiger partial charge >= 0.3 is 0 Å². The van der Waals surface area contributed by atoms with Gasteiger partial charge in [-0.3, -0.25) is 0 Å². The minimum Gasteiger partial charge on any atom is -0.314 e. The first-order chi connectivity index (χ1) is 9.15. The van der Waals surface area contributed by atoms with Crippen LogP contribution in [-0.4, -0.2) is 12.6 Å². The Morgan fingerprint density at radius 3 is 2.68 bits per heavy atom. The molecule has 0 saturated heterocycles. The molecule has 2 aromatic rings. The van der Waals surface area contributed by atoms with Gasteiger partial charge in [-0.1, -0.05) is 48.0 Å². The highest BCUT2D eigenvalue weighted by molar-refractivity contribution is 9.10. The highest BCUT2D eigenvalue weighted by Gasteiger charge is 2.13. The largest absolute Gasteiger partial charge is 0.314 e. The molecule has 1 nitrogen and oxygen atoms in total. The fourth-order valence-electron chi connectivity index (χ4n) is 2.12. The summed E-state index contributed by atoms with van der Waals surface area (Å²) in [6.07, 6.45) is 1.10. The Bertz CT molecular complexity index is 493. The average molecular weight is 338 g/mol. The zero-order valence-electron chi connectivity index (χ0n) is 11.4. The number of rotatable bonds is 6. The van der Waals surface area contributed by atoms with Gasteiger partial charge in [-0.2, -0.15) is 0 Å².